The zero-order chi connectivity index (χ0) is 30.7. The van der Waals surface area contributed by atoms with Crippen molar-refractivity contribution < 1.29 is 32.1 Å². The molecule has 0 bridgehead atoms. The highest BCUT2D eigenvalue weighted by Gasteiger charge is 2.48. The summed E-state index contributed by atoms with van der Waals surface area (Å²) in [5, 5.41) is 6.01. The lowest BCUT2D eigenvalue weighted by Gasteiger charge is -2.52. The van der Waals surface area contributed by atoms with Crippen molar-refractivity contribution in [2.45, 2.75) is 78.0 Å². The SMILES string of the molecule is CC(C)[C@@H](NC(=O)NCC(C)(C)OC(=O)C(N)CS(=O)(=O)O)C(=O)N1CC[C@](C)(c2ccc(Cl)cc2)C(C)(C)C1. The summed E-state index contributed by atoms with van der Waals surface area (Å²) in [5.41, 5.74) is 4.96. The van der Waals surface area contributed by atoms with E-state index in [1.54, 1.807) is 4.90 Å². The number of likely N-dealkylation sites (tertiary alicyclic amines) is 1. The Morgan fingerprint density at radius 3 is 2.25 bits per heavy atom. The van der Waals surface area contributed by atoms with Crippen molar-refractivity contribution in [2.75, 3.05) is 25.4 Å². The lowest BCUT2D eigenvalue weighted by atomic mass is 9.59. The van der Waals surface area contributed by atoms with E-state index >= 15 is 0 Å². The molecule has 13 heteroatoms. The minimum atomic E-state index is -4.46. The van der Waals surface area contributed by atoms with Gasteiger partial charge in [0.1, 0.15) is 23.4 Å². The van der Waals surface area contributed by atoms with E-state index in [1.807, 2.05) is 38.1 Å². The van der Waals surface area contributed by atoms with Gasteiger partial charge in [0.05, 0.1) is 6.54 Å². The number of hydrogen-bond donors (Lipinski definition) is 4. The van der Waals surface area contributed by atoms with Crippen LogP contribution in [0.15, 0.2) is 24.3 Å². The van der Waals surface area contributed by atoms with Crippen LogP contribution < -0.4 is 16.4 Å². The molecule has 0 radical (unpaired) electrons. The predicted molar refractivity (Wildman–Crippen MR) is 154 cm³/mol. The van der Waals surface area contributed by atoms with E-state index < -0.39 is 45.6 Å². The number of benzene rings is 1. The summed E-state index contributed by atoms with van der Waals surface area (Å²) in [4.78, 5) is 40.3. The molecule has 11 nitrogen and oxygen atoms in total. The first kappa shape index (κ1) is 33.8. The van der Waals surface area contributed by atoms with Gasteiger partial charge in [-0.25, -0.2) is 4.79 Å². The number of rotatable bonds is 10. The Labute approximate surface area is 242 Å². The molecule has 1 aliphatic heterocycles. The summed E-state index contributed by atoms with van der Waals surface area (Å²) in [6.07, 6.45) is 0.740. The number of nitrogens with zero attached hydrogens (tertiary/aromatic N) is 1. The molecule has 0 spiro atoms. The maximum Gasteiger partial charge on any atom is 0.324 e. The molecule has 40 heavy (non-hydrogen) atoms. The third-order valence-corrected chi connectivity index (χ3v) is 8.75. The Kier molecular flexibility index (Phi) is 10.7. The van der Waals surface area contributed by atoms with Crippen LogP contribution in [0, 0.1) is 11.3 Å². The van der Waals surface area contributed by atoms with E-state index in [2.05, 4.69) is 31.4 Å². The number of carbonyl (C=O) groups excluding carboxylic acids is 3. The molecule has 3 atom stereocenters. The van der Waals surface area contributed by atoms with Crippen molar-refractivity contribution in [3.63, 3.8) is 0 Å². The van der Waals surface area contributed by atoms with Crippen LogP contribution in [0.3, 0.4) is 0 Å². The first-order valence-electron chi connectivity index (χ1n) is 13.2. The molecule has 1 saturated heterocycles. The fourth-order valence-corrected chi connectivity index (χ4v) is 5.56. The fraction of sp³-hybridized carbons (Fsp3) is 0.667. The van der Waals surface area contributed by atoms with Crippen molar-refractivity contribution >= 4 is 39.6 Å². The van der Waals surface area contributed by atoms with Gasteiger partial charge in [-0.05, 0) is 49.3 Å². The summed E-state index contributed by atoms with van der Waals surface area (Å²) in [5.74, 6) is -2.41. The van der Waals surface area contributed by atoms with Gasteiger partial charge in [-0.2, -0.15) is 8.42 Å². The van der Waals surface area contributed by atoms with E-state index in [1.165, 1.54) is 13.8 Å². The Morgan fingerprint density at radius 1 is 1.18 bits per heavy atom. The Bertz CT molecular complexity index is 1190. The smallest absolute Gasteiger partial charge is 0.324 e. The monoisotopic (exact) mass is 602 g/mol. The molecular weight excluding hydrogens is 560 g/mol. The fourth-order valence-electron chi connectivity index (χ4n) is 4.84. The molecule has 0 aromatic heterocycles. The number of esters is 1. The maximum atomic E-state index is 13.6. The second-order valence-corrected chi connectivity index (χ2v) is 14.3. The summed E-state index contributed by atoms with van der Waals surface area (Å²) in [6.45, 7) is 14.1. The molecular formula is C27H43ClN4O7S. The minimum absolute atomic E-state index is 0.141. The van der Waals surface area contributed by atoms with Crippen LogP contribution in [0.2, 0.25) is 5.02 Å². The van der Waals surface area contributed by atoms with Crippen LogP contribution in [-0.4, -0.2) is 78.8 Å². The van der Waals surface area contributed by atoms with E-state index in [4.69, 9.17) is 26.6 Å². The molecule has 5 N–H and O–H groups in total. The number of ether oxygens (including phenoxy) is 1. The summed E-state index contributed by atoms with van der Waals surface area (Å²) in [6, 6.07) is 4.83. The van der Waals surface area contributed by atoms with Crippen LogP contribution in [0.5, 0.6) is 0 Å². The maximum absolute atomic E-state index is 13.6. The van der Waals surface area contributed by atoms with Crippen LogP contribution in [0.25, 0.3) is 0 Å². The number of urea groups is 1. The Morgan fingerprint density at radius 2 is 1.75 bits per heavy atom. The number of nitrogens with one attached hydrogen (secondary N) is 2. The average molecular weight is 603 g/mol. The summed E-state index contributed by atoms with van der Waals surface area (Å²) in [7, 11) is -4.46. The second kappa shape index (κ2) is 12.6. The lowest BCUT2D eigenvalue weighted by Crippen LogP contribution is -2.60. The van der Waals surface area contributed by atoms with Crippen LogP contribution in [-0.2, 0) is 29.9 Å². The number of nitrogens with two attached hydrogens (primary N) is 1. The third-order valence-electron chi connectivity index (χ3n) is 7.72. The van der Waals surface area contributed by atoms with Gasteiger partial charge in [0.25, 0.3) is 10.1 Å². The lowest BCUT2D eigenvalue weighted by molar-refractivity contribution is -0.157. The molecule has 0 saturated carbocycles. The van der Waals surface area contributed by atoms with Crippen molar-refractivity contribution in [3.8, 4) is 0 Å². The number of carbonyl (C=O) groups is 3. The van der Waals surface area contributed by atoms with E-state index in [0.717, 1.165) is 12.0 Å². The predicted octanol–water partition coefficient (Wildman–Crippen LogP) is 2.72. The third kappa shape index (κ3) is 8.79. The topological polar surface area (TPSA) is 168 Å². The first-order valence-corrected chi connectivity index (χ1v) is 15.2. The Balaban J connectivity index is 2.02. The number of amides is 3. The van der Waals surface area contributed by atoms with Gasteiger partial charge in [-0.15, -0.1) is 0 Å². The van der Waals surface area contributed by atoms with Crippen LogP contribution in [0.1, 0.15) is 60.5 Å². The van der Waals surface area contributed by atoms with Gasteiger partial charge in [-0.3, -0.25) is 14.1 Å². The van der Waals surface area contributed by atoms with Gasteiger partial charge in [0, 0.05) is 23.5 Å². The molecule has 1 aromatic carbocycles. The molecule has 2 rings (SSSR count). The molecule has 226 valence electrons. The molecule has 0 aliphatic carbocycles. The van der Waals surface area contributed by atoms with Crippen LogP contribution >= 0.6 is 11.6 Å². The number of piperidine rings is 1. The number of hydrogen-bond acceptors (Lipinski definition) is 7. The van der Waals surface area contributed by atoms with E-state index in [-0.39, 0.29) is 29.2 Å². The zero-order valence-corrected chi connectivity index (χ0v) is 25.9. The van der Waals surface area contributed by atoms with Gasteiger partial charge in [-0.1, -0.05) is 58.4 Å². The van der Waals surface area contributed by atoms with Crippen molar-refractivity contribution in [3.05, 3.63) is 34.9 Å². The summed E-state index contributed by atoms with van der Waals surface area (Å²) < 4.78 is 36.0. The average Bonchev–Trinajstić information content (AvgIpc) is 2.81. The largest absolute Gasteiger partial charge is 0.457 e. The quantitative estimate of drug-likeness (QED) is 0.234. The Hall–Kier alpha value is -2.41. The molecule has 1 aliphatic rings. The highest BCUT2D eigenvalue weighted by atomic mass is 35.5. The van der Waals surface area contributed by atoms with Crippen molar-refractivity contribution in [1.29, 1.82) is 0 Å². The minimum Gasteiger partial charge on any atom is -0.457 e. The van der Waals surface area contributed by atoms with E-state index in [0.29, 0.717) is 18.1 Å². The van der Waals surface area contributed by atoms with Gasteiger partial charge in [0.15, 0.2) is 0 Å². The van der Waals surface area contributed by atoms with Crippen molar-refractivity contribution in [1.82, 2.24) is 15.5 Å². The van der Waals surface area contributed by atoms with Gasteiger partial charge in [0.2, 0.25) is 5.91 Å². The summed E-state index contributed by atoms with van der Waals surface area (Å²) >= 11 is 6.09. The molecule has 1 heterocycles. The van der Waals surface area contributed by atoms with E-state index in [9.17, 15) is 22.8 Å². The van der Waals surface area contributed by atoms with Crippen LogP contribution in [0.4, 0.5) is 4.79 Å². The normalized spacial score (nSPS) is 20.9. The second-order valence-electron chi connectivity index (χ2n) is 12.3. The number of halogens is 1. The molecule has 3 amide bonds. The zero-order valence-electron chi connectivity index (χ0n) is 24.3. The van der Waals surface area contributed by atoms with Gasteiger partial charge < -0.3 is 26.0 Å². The highest BCUT2D eigenvalue weighted by Crippen LogP contribution is 2.48. The molecule has 1 aromatic rings. The molecule has 1 fully saturated rings. The highest BCUT2D eigenvalue weighted by molar-refractivity contribution is 7.85. The molecule has 1 unspecified atom stereocenters. The van der Waals surface area contributed by atoms with Gasteiger partial charge >= 0.3 is 12.0 Å². The van der Waals surface area contributed by atoms with Crippen molar-refractivity contribution in [2.24, 2.45) is 17.1 Å². The first-order chi connectivity index (χ1) is 18.2. The standard InChI is InChI=1S/C27H43ClN4O7S/c1-17(2)21(31-24(35)30-15-26(5,6)39-23(34)20(29)14-40(36,37)38)22(33)32-13-12-27(7,25(3,4)16-32)18-8-10-19(28)11-9-18/h8-11,17,20-21H,12-16,29H2,1-7H3,(H2,30,31,35)(H,36,37,38)/t20?,21-,27-/m1/s1.